The number of halogens is 1. The lowest BCUT2D eigenvalue weighted by Crippen LogP contribution is -2.00. The predicted molar refractivity (Wildman–Crippen MR) is 67.6 cm³/mol. The van der Waals surface area contributed by atoms with Gasteiger partial charge in [0.15, 0.2) is 0 Å². The number of hydrogen-bond donors (Lipinski definition) is 1. The van der Waals surface area contributed by atoms with Crippen molar-refractivity contribution < 1.29 is 0 Å². The monoisotopic (exact) mass is 225 g/mol. The van der Waals surface area contributed by atoms with E-state index in [4.69, 9.17) is 17.3 Å². The maximum atomic E-state index is 6.19. The van der Waals surface area contributed by atoms with Crippen LogP contribution in [-0.4, -0.2) is 6.54 Å². The molecule has 2 heteroatoms. The highest BCUT2D eigenvalue weighted by molar-refractivity contribution is 6.31. The molecule has 0 bridgehead atoms. The number of rotatable bonds is 5. The highest BCUT2D eigenvalue weighted by atomic mass is 35.5. The lowest BCUT2D eigenvalue weighted by Gasteiger charge is -2.10. The molecular weight excluding hydrogens is 206 g/mol. The number of aryl methyl sites for hydroxylation is 2. The molecule has 15 heavy (non-hydrogen) atoms. The highest BCUT2D eigenvalue weighted by Gasteiger charge is 2.04. The van der Waals surface area contributed by atoms with Crippen molar-refractivity contribution in [2.45, 2.75) is 39.5 Å². The van der Waals surface area contributed by atoms with Crippen molar-refractivity contribution in [2.75, 3.05) is 6.54 Å². The first-order valence-electron chi connectivity index (χ1n) is 5.67. The minimum atomic E-state index is 0.778. The van der Waals surface area contributed by atoms with Gasteiger partial charge in [0, 0.05) is 5.02 Å². The topological polar surface area (TPSA) is 26.0 Å². The Morgan fingerprint density at radius 1 is 1.27 bits per heavy atom. The van der Waals surface area contributed by atoms with Gasteiger partial charge < -0.3 is 5.73 Å². The van der Waals surface area contributed by atoms with Crippen molar-refractivity contribution in [3.05, 3.63) is 33.8 Å². The minimum absolute atomic E-state index is 0.778. The maximum absolute atomic E-state index is 6.19. The van der Waals surface area contributed by atoms with E-state index in [0.29, 0.717) is 0 Å². The lowest BCUT2D eigenvalue weighted by molar-refractivity contribution is 0.741. The summed E-state index contributed by atoms with van der Waals surface area (Å²) in [5.41, 5.74) is 9.43. The van der Waals surface area contributed by atoms with Crippen LogP contribution in [0.15, 0.2) is 12.1 Å². The Kier molecular flexibility index (Phi) is 5.13. The van der Waals surface area contributed by atoms with E-state index in [1.54, 1.807) is 0 Å². The van der Waals surface area contributed by atoms with Gasteiger partial charge in [0.25, 0.3) is 0 Å². The zero-order valence-corrected chi connectivity index (χ0v) is 10.4. The van der Waals surface area contributed by atoms with Gasteiger partial charge in [-0.2, -0.15) is 0 Å². The lowest BCUT2D eigenvalue weighted by atomic mass is 9.99. The SMILES string of the molecule is CCc1cc(Cl)c(C)c(CCCCN)c1. The van der Waals surface area contributed by atoms with Gasteiger partial charge >= 0.3 is 0 Å². The molecule has 0 aliphatic rings. The summed E-state index contributed by atoms with van der Waals surface area (Å²) in [5.74, 6) is 0. The molecule has 2 N–H and O–H groups in total. The molecule has 0 heterocycles. The molecule has 0 saturated carbocycles. The fourth-order valence-electron chi connectivity index (χ4n) is 1.72. The van der Waals surface area contributed by atoms with Gasteiger partial charge in [-0.15, -0.1) is 0 Å². The average molecular weight is 226 g/mol. The molecule has 0 aliphatic carbocycles. The normalized spacial score (nSPS) is 10.7. The van der Waals surface area contributed by atoms with Crippen LogP contribution in [0.2, 0.25) is 5.02 Å². The van der Waals surface area contributed by atoms with Gasteiger partial charge in [-0.3, -0.25) is 0 Å². The van der Waals surface area contributed by atoms with Crippen LogP contribution < -0.4 is 5.73 Å². The first kappa shape index (κ1) is 12.5. The van der Waals surface area contributed by atoms with E-state index in [1.165, 1.54) is 16.7 Å². The summed E-state index contributed by atoms with van der Waals surface area (Å²) in [6.07, 6.45) is 4.38. The average Bonchev–Trinajstić information content (AvgIpc) is 2.24. The van der Waals surface area contributed by atoms with E-state index in [0.717, 1.165) is 37.3 Å². The highest BCUT2D eigenvalue weighted by Crippen LogP contribution is 2.23. The molecule has 0 fully saturated rings. The standard InChI is InChI=1S/C13H20ClN/c1-3-11-8-12(6-4-5-7-15)10(2)13(14)9-11/h8-9H,3-7,15H2,1-2H3. The molecule has 1 nitrogen and oxygen atoms in total. The van der Waals surface area contributed by atoms with Crippen LogP contribution in [0, 0.1) is 6.92 Å². The first-order valence-corrected chi connectivity index (χ1v) is 6.04. The van der Waals surface area contributed by atoms with E-state index >= 15 is 0 Å². The summed E-state index contributed by atoms with van der Waals surface area (Å²) in [7, 11) is 0. The molecule has 0 unspecified atom stereocenters. The Bertz CT molecular complexity index is 321. The molecule has 0 aromatic heterocycles. The summed E-state index contributed by atoms with van der Waals surface area (Å²) in [5, 5.41) is 0.900. The van der Waals surface area contributed by atoms with Crippen molar-refractivity contribution in [2.24, 2.45) is 5.73 Å². The van der Waals surface area contributed by atoms with Crippen LogP contribution in [0.4, 0.5) is 0 Å². The van der Waals surface area contributed by atoms with Crippen LogP contribution in [0.25, 0.3) is 0 Å². The Morgan fingerprint density at radius 3 is 2.60 bits per heavy atom. The van der Waals surface area contributed by atoms with E-state index in [-0.39, 0.29) is 0 Å². The zero-order valence-electron chi connectivity index (χ0n) is 9.65. The van der Waals surface area contributed by atoms with Crippen molar-refractivity contribution >= 4 is 11.6 Å². The molecule has 0 saturated heterocycles. The largest absolute Gasteiger partial charge is 0.330 e. The van der Waals surface area contributed by atoms with Gasteiger partial charge in [-0.1, -0.05) is 24.6 Å². The van der Waals surface area contributed by atoms with Gasteiger partial charge in [0.1, 0.15) is 0 Å². The van der Waals surface area contributed by atoms with Crippen LogP contribution in [0.3, 0.4) is 0 Å². The molecular formula is C13H20ClN. The molecule has 0 spiro atoms. The van der Waals surface area contributed by atoms with Crippen LogP contribution >= 0.6 is 11.6 Å². The summed E-state index contributed by atoms with van der Waals surface area (Å²) in [4.78, 5) is 0. The van der Waals surface area contributed by atoms with Crippen LogP contribution in [0.1, 0.15) is 36.5 Å². The Labute approximate surface area is 97.6 Å². The number of benzene rings is 1. The van der Waals surface area contributed by atoms with Gasteiger partial charge in [0.2, 0.25) is 0 Å². The van der Waals surface area contributed by atoms with Crippen LogP contribution in [-0.2, 0) is 12.8 Å². The second kappa shape index (κ2) is 6.14. The quantitative estimate of drug-likeness (QED) is 0.763. The summed E-state index contributed by atoms with van der Waals surface area (Å²) < 4.78 is 0. The van der Waals surface area contributed by atoms with E-state index in [1.807, 2.05) is 0 Å². The second-order valence-corrected chi connectivity index (χ2v) is 4.37. The molecule has 0 atom stereocenters. The fraction of sp³-hybridized carbons (Fsp3) is 0.538. The zero-order chi connectivity index (χ0) is 11.3. The molecule has 1 aromatic rings. The Morgan fingerprint density at radius 2 is 2.00 bits per heavy atom. The fourth-order valence-corrected chi connectivity index (χ4v) is 1.98. The number of unbranched alkanes of at least 4 members (excludes halogenated alkanes) is 1. The van der Waals surface area contributed by atoms with Crippen LogP contribution in [0.5, 0.6) is 0 Å². The first-order chi connectivity index (χ1) is 7.19. The summed E-state index contributed by atoms with van der Waals surface area (Å²) in [6, 6.07) is 4.35. The maximum Gasteiger partial charge on any atom is 0.0440 e. The van der Waals surface area contributed by atoms with Crippen molar-refractivity contribution in [1.82, 2.24) is 0 Å². The number of nitrogens with two attached hydrogens (primary N) is 1. The Hall–Kier alpha value is -0.530. The van der Waals surface area contributed by atoms with Crippen molar-refractivity contribution in [3.8, 4) is 0 Å². The molecule has 0 aliphatic heterocycles. The summed E-state index contributed by atoms with van der Waals surface area (Å²) in [6.45, 7) is 5.03. The number of hydrogen-bond acceptors (Lipinski definition) is 1. The molecule has 1 aromatic carbocycles. The van der Waals surface area contributed by atoms with E-state index in [9.17, 15) is 0 Å². The van der Waals surface area contributed by atoms with Crippen molar-refractivity contribution in [1.29, 1.82) is 0 Å². The van der Waals surface area contributed by atoms with Gasteiger partial charge in [-0.05, 0) is 61.9 Å². The third kappa shape index (κ3) is 3.51. The third-order valence-electron chi connectivity index (χ3n) is 2.82. The van der Waals surface area contributed by atoms with E-state index < -0.39 is 0 Å². The summed E-state index contributed by atoms with van der Waals surface area (Å²) >= 11 is 6.19. The van der Waals surface area contributed by atoms with Gasteiger partial charge in [0.05, 0.1) is 0 Å². The minimum Gasteiger partial charge on any atom is -0.330 e. The smallest absolute Gasteiger partial charge is 0.0440 e. The van der Waals surface area contributed by atoms with Gasteiger partial charge in [-0.25, -0.2) is 0 Å². The molecule has 0 radical (unpaired) electrons. The molecule has 84 valence electrons. The second-order valence-electron chi connectivity index (χ2n) is 3.96. The van der Waals surface area contributed by atoms with E-state index in [2.05, 4.69) is 26.0 Å². The Balaban J connectivity index is 2.80. The molecule has 1 rings (SSSR count). The molecule has 0 amide bonds. The predicted octanol–water partition coefficient (Wildman–Crippen LogP) is 3.49. The third-order valence-corrected chi connectivity index (χ3v) is 3.21. The van der Waals surface area contributed by atoms with Crippen molar-refractivity contribution in [3.63, 3.8) is 0 Å².